The maximum Gasteiger partial charge on any atom is 0.337 e. The van der Waals surface area contributed by atoms with Crippen LogP contribution in [0.2, 0.25) is 0 Å². The molecule has 3 aromatic rings. The molecule has 1 amide bonds. The van der Waals surface area contributed by atoms with Gasteiger partial charge in [0.15, 0.2) is 0 Å². The van der Waals surface area contributed by atoms with E-state index in [-0.39, 0.29) is 5.91 Å². The van der Waals surface area contributed by atoms with Gasteiger partial charge in [-0.15, -0.1) is 0 Å². The number of carbonyl (C=O) groups excluding carboxylic acids is 2. The van der Waals surface area contributed by atoms with Crippen molar-refractivity contribution in [3.05, 3.63) is 83.8 Å². The van der Waals surface area contributed by atoms with Crippen molar-refractivity contribution in [2.45, 2.75) is 6.54 Å². The van der Waals surface area contributed by atoms with Crippen LogP contribution in [-0.4, -0.2) is 29.0 Å². The van der Waals surface area contributed by atoms with E-state index in [0.717, 1.165) is 11.3 Å². The molecule has 136 valence electrons. The van der Waals surface area contributed by atoms with E-state index < -0.39 is 5.97 Å². The van der Waals surface area contributed by atoms with Crippen LogP contribution in [0.15, 0.2) is 67.1 Å². The summed E-state index contributed by atoms with van der Waals surface area (Å²) >= 11 is 0. The van der Waals surface area contributed by atoms with E-state index in [1.54, 1.807) is 55.0 Å². The van der Waals surface area contributed by atoms with Gasteiger partial charge in [-0.2, -0.15) is 0 Å². The minimum absolute atomic E-state index is 0.196. The molecule has 0 saturated heterocycles. The van der Waals surface area contributed by atoms with Crippen LogP contribution in [0, 0.1) is 0 Å². The summed E-state index contributed by atoms with van der Waals surface area (Å²) in [4.78, 5) is 32.0. The van der Waals surface area contributed by atoms with Crippen molar-refractivity contribution in [3.63, 3.8) is 0 Å². The molecule has 7 nitrogen and oxygen atoms in total. The first-order valence-corrected chi connectivity index (χ1v) is 8.24. The molecule has 0 spiro atoms. The van der Waals surface area contributed by atoms with Gasteiger partial charge in [0.1, 0.15) is 5.82 Å². The normalized spacial score (nSPS) is 10.1. The number of methoxy groups -OCH3 is 1. The van der Waals surface area contributed by atoms with E-state index in [1.165, 1.54) is 7.11 Å². The molecule has 2 heterocycles. The molecule has 2 N–H and O–H groups in total. The maximum absolute atomic E-state index is 12.3. The van der Waals surface area contributed by atoms with E-state index in [2.05, 4.69) is 25.3 Å². The highest BCUT2D eigenvalue weighted by atomic mass is 16.5. The lowest BCUT2D eigenvalue weighted by molar-refractivity contribution is 0.0600. The minimum Gasteiger partial charge on any atom is -0.465 e. The Labute approximate surface area is 156 Å². The molecule has 0 saturated carbocycles. The topological polar surface area (TPSA) is 93.2 Å². The van der Waals surface area contributed by atoms with Gasteiger partial charge in [-0.25, -0.2) is 9.78 Å². The third-order valence-corrected chi connectivity index (χ3v) is 3.80. The summed E-state index contributed by atoms with van der Waals surface area (Å²) < 4.78 is 4.67. The zero-order valence-electron chi connectivity index (χ0n) is 14.7. The van der Waals surface area contributed by atoms with E-state index in [1.807, 2.05) is 12.1 Å². The Morgan fingerprint density at radius 2 is 1.70 bits per heavy atom. The van der Waals surface area contributed by atoms with E-state index in [4.69, 9.17) is 0 Å². The number of nitrogens with zero attached hydrogens (tertiary/aromatic N) is 2. The molecular weight excluding hydrogens is 344 g/mol. The molecule has 0 atom stereocenters. The standard InChI is InChI=1S/C20H18N4O3/c1-27-20(26)15-2-4-17(5-3-15)24-18-12-16(8-11-22-18)19(25)23-13-14-6-9-21-10-7-14/h2-12H,13H2,1H3,(H,22,24)(H,23,25). The van der Waals surface area contributed by atoms with Gasteiger partial charge in [0.25, 0.3) is 5.91 Å². The SMILES string of the molecule is COC(=O)c1ccc(Nc2cc(C(=O)NCc3ccncc3)ccn2)cc1. The number of pyridine rings is 2. The molecule has 0 radical (unpaired) electrons. The summed E-state index contributed by atoms with van der Waals surface area (Å²) in [5.74, 6) is -0.0665. The summed E-state index contributed by atoms with van der Waals surface area (Å²) in [6, 6.07) is 13.8. The largest absolute Gasteiger partial charge is 0.465 e. The van der Waals surface area contributed by atoms with Crippen LogP contribution in [0.1, 0.15) is 26.3 Å². The number of rotatable bonds is 6. The van der Waals surface area contributed by atoms with Gasteiger partial charge in [0.05, 0.1) is 12.7 Å². The van der Waals surface area contributed by atoms with Gasteiger partial charge in [0, 0.05) is 36.4 Å². The Hall–Kier alpha value is -3.74. The molecule has 0 aliphatic carbocycles. The number of anilines is 2. The number of hydrogen-bond donors (Lipinski definition) is 2. The van der Waals surface area contributed by atoms with Crippen LogP contribution >= 0.6 is 0 Å². The average Bonchev–Trinajstić information content (AvgIpc) is 2.73. The fourth-order valence-corrected chi connectivity index (χ4v) is 2.38. The second kappa shape index (κ2) is 8.57. The van der Waals surface area contributed by atoms with Gasteiger partial charge >= 0.3 is 5.97 Å². The van der Waals surface area contributed by atoms with Crippen LogP contribution in [0.3, 0.4) is 0 Å². The van der Waals surface area contributed by atoms with Crippen LogP contribution in [0.25, 0.3) is 0 Å². The van der Waals surface area contributed by atoms with Crippen molar-refractivity contribution < 1.29 is 14.3 Å². The molecule has 0 aliphatic rings. The van der Waals surface area contributed by atoms with Crippen LogP contribution in [-0.2, 0) is 11.3 Å². The lowest BCUT2D eigenvalue weighted by atomic mass is 10.2. The molecule has 0 aliphatic heterocycles. The van der Waals surface area contributed by atoms with Crippen molar-refractivity contribution in [1.82, 2.24) is 15.3 Å². The van der Waals surface area contributed by atoms with Gasteiger partial charge in [-0.05, 0) is 54.1 Å². The number of ether oxygens (including phenoxy) is 1. The number of carbonyl (C=O) groups is 2. The highest BCUT2D eigenvalue weighted by Gasteiger charge is 2.08. The first kappa shape index (κ1) is 18.1. The third-order valence-electron chi connectivity index (χ3n) is 3.80. The fourth-order valence-electron chi connectivity index (χ4n) is 2.38. The van der Waals surface area contributed by atoms with E-state index in [9.17, 15) is 9.59 Å². The minimum atomic E-state index is -0.396. The van der Waals surface area contributed by atoms with Gasteiger partial charge < -0.3 is 15.4 Å². The molecule has 1 aromatic carbocycles. The first-order chi connectivity index (χ1) is 13.2. The third kappa shape index (κ3) is 4.88. The summed E-state index contributed by atoms with van der Waals surface area (Å²) in [5, 5.41) is 5.96. The second-order valence-corrected chi connectivity index (χ2v) is 5.66. The molecule has 2 aromatic heterocycles. The highest BCUT2D eigenvalue weighted by molar-refractivity contribution is 5.95. The van der Waals surface area contributed by atoms with Gasteiger partial charge in [-0.3, -0.25) is 9.78 Å². The van der Waals surface area contributed by atoms with Crippen molar-refractivity contribution in [2.75, 3.05) is 12.4 Å². The van der Waals surface area contributed by atoms with Gasteiger partial charge in [-0.1, -0.05) is 0 Å². The average molecular weight is 362 g/mol. The highest BCUT2D eigenvalue weighted by Crippen LogP contribution is 2.17. The lowest BCUT2D eigenvalue weighted by Crippen LogP contribution is -2.22. The molecule has 0 unspecified atom stereocenters. The Morgan fingerprint density at radius 1 is 0.963 bits per heavy atom. The van der Waals surface area contributed by atoms with Crippen molar-refractivity contribution >= 4 is 23.4 Å². The summed E-state index contributed by atoms with van der Waals surface area (Å²) in [6.45, 7) is 0.418. The Bertz CT molecular complexity index is 927. The molecule has 27 heavy (non-hydrogen) atoms. The molecule has 3 rings (SSSR count). The van der Waals surface area contributed by atoms with Gasteiger partial charge in [0.2, 0.25) is 0 Å². The number of aromatic nitrogens is 2. The quantitative estimate of drug-likeness (QED) is 0.655. The Kier molecular flexibility index (Phi) is 5.73. The van der Waals surface area contributed by atoms with Crippen molar-refractivity contribution in [3.8, 4) is 0 Å². The Balaban J connectivity index is 1.64. The van der Waals surface area contributed by atoms with Crippen LogP contribution in [0.5, 0.6) is 0 Å². The van der Waals surface area contributed by atoms with Crippen LogP contribution < -0.4 is 10.6 Å². The second-order valence-electron chi connectivity index (χ2n) is 5.66. The lowest BCUT2D eigenvalue weighted by Gasteiger charge is -2.09. The molecule has 0 fully saturated rings. The first-order valence-electron chi connectivity index (χ1n) is 8.24. The summed E-state index contributed by atoms with van der Waals surface area (Å²) in [7, 11) is 1.34. The zero-order chi connectivity index (χ0) is 19.1. The number of hydrogen-bond acceptors (Lipinski definition) is 6. The predicted octanol–water partition coefficient (Wildman–Crippen LogP) is 2.94. The van der Waals surface area contributed by atoms with Crippen molar-refractivity contribution in [2.24, 2.45) is 0 Å². The zero-order valence-corrected chi connectivity index (χ0v) is 14.7. The van der Waals surface area contributed by atoms with E-state index >= 15 is 0 Å². The summed E-state index contributed by atoms with van der Waals surface area (Å²) in [5.41, 5.74) is 2.66. The number of esters is 1. The van der Waals surface area contributed by atoms with Crippen molar-refractivity contribution in [1.29, 1.82) is 0 Å². The number of nitrogens with one attached hydrogen (secondary N) is 2. The predicted molar refractivity (Wildman–Crippen MR) is 101 cm³/mol. The van der Waals surface area contributed by atoms with Crippen LogP contribution in [0.4, 0.5) is 11.5 Å². The number of benzene rings is 1. The fraction of sp³-hybridized carbons (Fsp3) is 0.100. The smallest absolute Gasteiger partial charge is 0.337 e. The Morgan fingerprint density at radius 3 is 2.41 bits per heavy atom. The maximum atomic E-state index is 12.3. The summed E-state index contributed by atoms with van der Waals surface area (Å²) in [6.07, 6.45) is 4.93. The molecular formula is C20H18N4O3. The number of amides is 1. The van der Waals surface area contributed by atoms with E-state index in [0.29, 0.717) is 23.5 Å². The molecule has 7 heteroatoms. The monoisotopic (exact) mass is 362 g/mol. The molecule has 0 bridgehead atoms.